The molecule has 1 aromatic heterocycles. The molecule has 1 N–H and O–H groups in total. The molecule has 4 rings (SSSR count). The van der Waals surface area contributed by atoms with E-state index < -0.39 is 0 Å². The van der Waals surface area contributed by atoms with Gasteiger partial charge in [-0.1, -0.05) is 12.1 Å². The molecule has 1 aliphatic rings. The van der Waals surface area contributed by atoms with E-state index in [9.17, 15) is 9.59 Å². The van der Waals surface area contributed by atoms with E-state index in [0.29, 0.717) is 10.8 Å². The summed E-state index contributed by atoms with van der Waals surface area (Å²) in [4.78, 5) is 29.5. The van der Waals surface area contributed by atoms with Gasteiger partial charge in [0.15, 0.2) is 0 Å². The van der Waals surface area contributed by atoms with Crippen LogP contribution in [0.5, 0.6) is 5.75 Å². The Morgan fingerprint density at radius 3 is 2.37 bits per heavy atom. The molecule has 2 amide bonds. The second-order valence-electron chi connectivity index (χ2n) is 6.35. The van der Waals surface area contributed by atoms with Gasteiger partial charge in [0.05, 0.1) is 24.7 Å². The zero-order valence-corrected chi connectivity index (χ0v) is 18.6. The number of nitrogens with zero attached hydrogens (tertiary/aromatic N) is 3. The van der Waals surface area contributed by atoms with Gasteiger partial charge in [0, 0.05) is 23.8 Å². The molecular weight excluding hydrogens is 468 g/mol. The van der Waals surface area contributed by atoms with Crippen LogP contribution in [-0.4, -0.2) is 30.1 Å². The van der Waals surface area contributed by atoms with Gasteiger partial charge in [-0.15, -0.1) is 28.3 Å². The molecule has 154 valence electrons. The van der Waals surface area contributed by atoms with Crippen LogP contribution >= 0.6 is 28.3 Å². The smallest absolute Gasteiger partial charge is 0.234 e. The van der Waals surface area contributed by atoms with Crippen LogP contribution < -0.4 is 15.1 Å². The first-order chi connectivity index (χ1) is 14.1. The number of methoxy groups -OCH3 is 1. The van der Waals surface area contributed by atoms with Crippen LogP contribution in [-0.2, 0) is 9.59 Å². The second-order valence-corrected chi connectivity index (χ2v) is 7.21. The van der Waals surface area contributed by atoms with Crippen LogP contribution in [0.4, 0.5) is 10.8 Å². The van der Waals surface area contributed by atoms with Crippen molar-refractivity contribution < 1.29 is 14.3 Å². The van der Waals surface area contributed by atoms with E-state index in [-0.39, 0.29) is 41.6 Å². The van der Waals surface area contributed by atoms with Crippen LogP contribution in [0, 0.1) is 0 Å². The quantitative estimate of drug-likeness (QED) is 0.315. The predicted molar refractivity (Wildman–Crippen MR) is 124 cm³/mol. The zero-order chi connectivity index (χ0) is 20.2. The third kappa shape index (κ3) is 4.74. The van der Waals surface area contributed by atoms with Gasteiger partial charge in [-0.3, -0.25) is 19.9 Å². The lowest BCUT2D eigenvalue weighted by Gasteiger charge is -2.13. The van der Waals surface area contributed by atoms with Crippen molar-refractivity contribution in [3.05, 3.63) is 59.5 Å². The molecule has 0 radical (unpaired) electrons. The lowest BCUT2D eigenvalue weighted by molar-refractivity contribution is -0.121. The van der Waals surface area contributed by atoms with E-state index in [0.717, 1.165) is 22.6 Å². The summed E-state index contributed by atoms with van der Waals surface area (Å²) in [7, 11) is 1.63. The summed E-state index contributed by atoms with van der Waals surface area (Å²) in [6.07, 6.45) is 2.26. The van der Waals surface area contributed by atoms with Crippen molar-refractivity contribution in [2.24, 2.45) is 5.10 Å². The number of hydrogen-bond donors (Lipinski definition) is 1. The molecule has 0 spiro atoms. The fourth-order valence-corrected chi connectivity index (χ4v) is 3.62. The SMILES string of the molecule is Br.COc1ccc(/C=N/Nc2nc(-c3ccc(N4C(=O)CCC4=O)cc3)cs2)cc1. The molecule has 0 saturated carbocycles. The molecule has 0 aliphatic carbocycles. The Hall–Kier alpha value is -3.04. The van der Waals surface area contributed by atoms with Crippen molar-refractivity contribution in [2.75, 3.05) is 17.4 Å². The van der Waals surface area contributed by atoms with Crippen molar-refractivity contribution in [1.82, 2.24) is 4.98 Å². The van der Waals surface area contributed by atoms with Crippen molar-refractivity contribution in [3.63, 3.8) is 0 Å². The molecule has 3 aromatic rings. The molecule has 1 saturated heterocycles. The number of hydrogen-bond acceptors (Lipinski definition) is 7. The topological polar surface area (TPSA) is 83.9 Å². The first kappa shape index (κ1) is 21.7. The average Bonchev–Trinajstić information content (AvgIpc) is 3.35. The average molecular weight is 487 g/mol. The Balaban J connectivity index is 0.00000256. The molecular formula is C21H19BrN4O3S. The highest BCUT2D eigenvalue weighted by Gasteiger charge is 2.30. The first-order valence-electron chi connectivity index (χ1n) is 8.99. The predicted octanol–water partition coefficient (Wildman–Crippen LogP) is 4.50. The number of imide groups is 1. The molecule has 2 aromatic carbocycles. The van der Waals surface area contributed by atoms with Crippen LogP contribution in [0.1, 0.15) is 18.4 Å². The number of hydrazone groups is 1. The molecule has 0 unspecified atom stereocenters. The number of benzene rings is 2. The Labute approximate surface area is 188 Å². The summed E-state index contributed by atoms with van der Waals surface area (Å²) in [6.45, 7) is 0. The molecule has 1 fully saturated rings. The van der Waals surface area contributed by atoms with E-state index in [1.165, 1.54) is 16.2 Å². The number of carbonyl (C=O) groups is 2. The van der Waals surface area contributed by atoms with Crippen molar-refractivity contribution in [3.8, 4) is 17.0 Å². The number of thiazole rings is 1. The molecule has 30 heavy (non-hydrogen) atoms. The molecule has 0 bridgehead atoms. The van der Waals surface area contributed by atoms with Gasteiger partial charge in [-0.25, -0.2) is 4.98 Å². The molecule has 9 heteroatoms. The highest BCUT2D eigenvalue weighted by Crippen LogP contribution is 2.28. The lowest BCUT2D eigenvalue weighted by atomic mass is 10.1. The highest BCUT2D eigenvalue weighted by atomic mass is 79.9. The third-order valence-corrected chi connectivity index (χ3v) is 5.21. The third-order valence-electron chi connectivity index (χ3n) is 4.47. The van der Waals surface area contributed by atoms with Gasteiger partial charge in [0.1, 0.15) is 5.75 Å². The van der Waals surface area contributed by atoms with E-state index in [1.54, 1.807) is 25.5 Å². The molecule has 0 atom stereocenters. The fourth-order valence-electron chi connectivity index (χ4n) is 2.96. The van der Waals surface area contributed by atoms with E-state index in [2.05, 4.69) is 15.5 Å². The van der Waals surface area contributed by atoms with Gasteiger partial charge < -0.3 is 4.74 Å². The van der Waals surface area contributed by atoms with E-state index in [1.807, 2.05) is 41.8 Å². The number of ether oxygens (including phenoxy) is 1. The monoisotopic (exact) mass is 486 g/mol. The van der Waals surface area contributed by atoms with E-state index >= 15 is 0 Å². The number of aromatic nitrogens is 1. The second kappa shape index (κ2) is 9.64. The summed E-state index contributed by atoms with van der Waals surface area (Å²) in [5.41, 5.74) is 6.16. The van der Waals surface area contributed by atoms with Gasteiger partial charge in [-0.2, -0.15) is 5.10 Å². The molecule has 2 heterocycles. The van der Waals surface area contributed by atoms with Crippen molar-refractivity contribution >= 4 is 57.2 Å². The van der Waals surface area contributed by atoms with Crippen molar-refractivity contribution in [2.45, 2.75) is 12.8 Å². The minimum absolute atomic E-state index is 0. The van der Waals surface area contributed by atoms with Gasteiger partial charge in [0.2, 0.25) is 16.9 Å². The maximum Gasteiger partial charge on any atom is 0.234 e. The maximum absolute atomic E-state index is 11.8. The van der Waals surface area contributed by atoms with Crippen LogP contribution in [0.15, 0.2) is 59.0 Å². The van der Waals surface area contributed by atoms with Crippen molar-refractivity contribution in [1.29, 1.82) is 0 Å². The number of amides is 2. The van der Waals surface area contributed by atoms with E-state index in [4.69, 9.17) is 4.74 Å². The summed E-state index contributed by atoms with van der Waals surface area (Å²) in [5.74, 6) is 0.486. The number of rotatable bonds is 6. The van der Waals surface area contributed by atoms with Gasteiger partial charge in [-0.05, 0) is 42.0 Å². The molecule has 1 aliphatic heterocycles. The summed E-state index contributed by atoms with van der Waals surface area (Å²) in [5, 5.41) is 6.80. The number of halogens is 1. The number of carbonyl (C=O) groups excluding carboxylic acids is 2. The Bertz CT molecular complexity index is 1050. The fraction of sp³-hybridized carbons (Fsp3) is 0.143. The summed E-state index contributed by atoms with van der Waals surface area (Å²) < 4.78 is 5.13. The first-order valence-corrected chi connectivity index (χ1v) is 9.87. The van der Waals surface area contributed by atoms with Gasteiger partial charge in [0.25, 0.3) is 0 Å². The highest BCUT2D eigenvalue weighted by molar-refractivity contribution is 8.93. The maximum atomic E-state index is 11.8. The Morgan fingerprint density at radius 1 is 1.07 bits per heavy atom. The largest absolute Gasteiger partial charge is 0.497 e. The number of nitrogens with one attached hydrogen (secondary N) is 1. The number of anilines is 2. The van der Waals surface area contributed by atoms with Crippen LogP contribution in [0.2, 0.25) is 0 Å². The zero-order valence-electron chi connectivity index (χ0n) is 16.1. The van der Waals surface area contributed by atoms with Crippen LogP contribution in [0.3, 0.4) is 0 Å². The van der Waals surface area contributed by atoms with Crippen LogP contribution in [0.25, 0.3) is 11.3 Å². The van der Waals surface area contributed by atoms with Gasteiger partial charge >= 0.3 is 0 Å². The normalized spacial score (nSPS) is 13.6. The summed E-state index contributed by atoms with van der Waals surface area (Å²) >= 11 is 1.44. The lowest BCUT2D eigenvalue weighted by Crippen LogP contribution is -2.28. The Kier molecular flexibility index (Phi) is 6.96. The molecule has 7 nitrogen and oxygen atoms in total. The standard InChI is InChI=1S/C21H18N4O3S.BrH/c1-28-17-8-2-14(3-9-17)12-22-24-21-23-18(13-29-21)15-4-6-16(7-5-15)25-19(26)10-11-20(25)27;/h2-9,12-13H,10-11H2,1H3,(H,23,24);1H/b22-12+;. The summed E-state index contributed by atoms with van der Waals surface area (Å²) in [6, 6.07) is 14.8. The minimum Gasteiger partial charge on any atom is -0.497 e. The minimum atomic E-state index is -0.155. The Morgan fingerprint density at radius 2 is 1.73 bits per heavy atom.